The first-order valence-electron chi connectivity index (χ1n) is 7.96. The maximum atomic E-state index is 12.6. The first-order chi connectivity index (χ1) is 11.7. The number of rotatable bonds is 3. The summed E-state index contributed by atoms with van der Waals surface area (Å²) in [5.74, 6) is 0.106. The number of carbonyl (C=O) groups excluding carboxylic acids is 1. The molecule has 3 N–H and O–H groups in total. The van der Waals surface area contributed by atoms with Crippen molar-refractivity contribution < 1.29 is 4.79 Å². The van der Waals surface area contributed by atoms with Crippen LogP contribution in [-0.4, -0.2) is 34.9 Å². The van der Waals surface area contributed by atoms with Crippen molar-refractivity contribution in [2.75, 3.05) is 18.4 Å². The highest BCUT2D eigenvalue weighted by molar-refractivity contribution is 7.29. The van der Waals surface area contributed by atoms with E-state index in [1.165, 1.54) is 11.3 Å². The molecule has 124 valence electrons. The second-order valence-corrected chi connectivity index (χ2v) is 7.98. The third-order valence-electron chi connectivity index (χ3n) is 4.15. The Morgan fingerprint density at radius 3 is 2.67 bits per heavy atom. The maximum absolute atomic E-state index is 12.6. The van der Waals surface area contributed by atoms with Crippen molar-refractivity contribution in [2.45, 2.75) is 18.9 Å². The molecule has 3 aromatic rings. The van der Waals surface area contributed by atoms with Gasteiger partial charge in [-0.25, -0.2) is 4.98 Å². The van der Waals surface area contributed by atoms with Crippen LogP contribution in [-0.2, 0) is 0 Å². The van der Waals surface area contributed by atoms with E-state index < -0.39 is 0 Å². The zero-order chi connectivity index (χ0) is 16.5. The number of carbonyl (C=O) groups is 1. The monoisotopic (exact) mass is 358 g/mol. The van der Waals surface area contributed by atoms with Gasteiger partial charge in [0.15, 0.2) is 5.13 Å². The van der Waals surface area contributed by atoms with Gasteiger partial charge in [-0.3, -0.25) is 4.79 Å². The van der Waals surface area contributed by atoms with Gasteiger partial charge < -0.3 is 16.0 Å². The topological polar surface area (TPSA) is 71.2 Å². The van der Waals surface area contributed by atoms with E-state index in [1.807, 2.05) is 41.3 Å². The second kappa shape index (κ2) is 6.51. The van der Waals surface area contributed by atoms with Crippen LogP contribution in [0.25, 0.3) is 9.53 Å². The summed E-state index contributed by atoms with van der Waals surface area (Å²) < 4.78 is 1.05. The molecule has 0 atom stereocenters. The molecule has 0 bridgehead atoms. The summed E-state index contributed by atoms with van der Waals surface area (Å²) in [6.07, 6.45) is 1.77. The lowest BCUT2D eigenvalue weighted by molar-refractivity contribution is 0.0720. The van der Waals surface area contributed by atoms with Crippen molar-refractivity contribution in [2.24, 2.45) is 5.73 Å². The Morgan fingerprint density at radius 2 is 1.96 bits per heavy atom. The van der Waals surface area contributed by atoms with Crippen molar-refractivity contribution in [3.8, 4) is 0 Å². The summed E-state index contributed by atoms with van der Waals surface area (Å²) in [6.45, 7) is 1.50. The van der Waals surface area contributed by atoms with E-state index in [9.17, 15) is 4.79 Å². The highest BCUT2D eigenvalue weighted by Gasteiger charge is 2.23. The quantitative estimate of drug-likeness (QED) is 0.749. The average Bonchev–Trinajstić information content (AvgIpc) is 3.14. The molecule has 2 aromatic heterocycles. The summed E-state index contributed by atoms with van der Waals surface area (Å²) >= 11 is 3.04. The number of hydrogen-bond donors (Lipinski definition) is 2. The van der Waals surface area contributed by atoms with E-state index in [1.54, 1.807) is 11.3 Å². The van der Waals surface area contributed by atoms with Crippen LogP contribution >= 0.6 is 22.7 Å². The van der Waals surface area contributed by atoms with Crippen LogP contribution in [0.2, 0.25) is 0 Å². The SMILES string of the molecule is NC1CCN(C(=O)c2cc3sc(Nc4ccccc4)nc3s2)CC1. The van der Waals surface area contributed by atoms with Crippen molar-refractivity contribution in [3.05, 3.63) is 41.3 Å². The Kier molecular flexibility index (Phi) is 4.22. The van der Waals surface area contributed by atoms with E-state index in [4.69, 9.17) is 5.73 Å². The van der Waals surface area contributed by atoms with Crippen LogP contribution in [0.3, 0.4) is 0 Å². The number of hydrogen-bond acceptors (Lipinski definition) is 6. The van der Waals surface area contributed by atoms with E-state index in [0.29, 0.717) is 0 Å². The molecule has 0 unspecified atom stereocenters. The van der Waals surface area contributed by atoms with Crippen LogP contribution < -0.4 is 11.1 Å². The molecule has 1 amide bonds. The van der Waals surface area contributed by atoms with Gasteiger partial charge in [0.2, 0.25) is 0 Å². The van der Waals surface area contributed by atoms with Crippen LogP contribution in [0.1, 0.15) is 22.5 Å². The number of likely N-dealkylation sites (tertiary alicyclic amines) is 1. The molecule has 24 heavy (non-hydrogen) atoms. The molecule has 1 saturated heterocycles. The number of anilines is 2. The number of fused-ring (bicyclic) bond motifs is 1. The summed E-state index contributed by atoms with van der Waals surface area (Å²) in [5, 5.41) is 4.15. The van der Waals surface area contributed by atoms with E-state index >= 15 is 0 Å². The number of piperidine rings is 1. The standard InChI is InChI=1S/C17H18N4OS2/c18-11-6-8-21(9-7-11)16(22)14-10-13-15(23-14)20-17(24-13)19-12-4-2-1-3-5-12/h1-5,10-11H,6-9,18H2,(H,19,20). The Labute approximate surface area is 148 Å². The Morgan fingerprint density at radius 1 is 1.21 bits per heavy atom. The summed E-state index contributed by atoms with van der Waals surface area (Å²) in [5.41, 5.74) is 6.92. The first kappa shape index (κ1) is 15.6. The Hall–Kier alpha value is -1.96. The number of amides is 1. The van der Waals surface area contributed by atoms with Crippen LogP contribution in [0.15, 0.2) is 36.4 Å². The molecule has 5 nitrogen and oxygen atoms in total. The minimum absolute atomic E-state index is 0.106. The molecule has 1 aliphatic heterocycles. The summed E-state index contributed by atoms with van der Waals surface area (Å²) in [4.78, 5) is 20.8. The normalized spacial score (nSPS) is 15.8. The lowest BCUT2D eigenvalue weighted by atomic mass is 10.1. The van der Waals surface area contributed by atoms with Gasteiger partial charge in [-0.2, -0.15) is 0 Å². The summed E-state index contributed by atoms with van der Waals surface area (Å²) in [6, 6.07) is 12.2. The smallest absolute Gasteiger partial charge is 0.264 e. The van der Waals surface area contributed by atoms with Crippen molar-refractivity contribution in [1.29, 1.82) is 0 Å². The van der Waals surface area contributed by atoms with Crippen LogP contribution in [0, 0.1) is 0 Å². The van der Waals surface area contributed by atoms with Gasteiger partial charge in [0.1, 0.15) is 4.83 Å². The average molecular weight is 358 g/mol. The highest BCUT2D eigenvalue weighted by Crippen LogP contribution is 2.34. The van der Waals surface area contributed by atoms with Gasteiger partial charge in [0, 0.05) is 24.8 Å². The number of benzene rings is 1. The van der Waals surface area contributed by atoms with Crippen LogP contribution in [0.4, 0.5) is 10.8 Å². The highest BCUT2D eigenvalue weighted by atomic mass is 32.1. The second-order valence-electron chi connectivity index (χ2n) is 5.92. The van der Waals surface area contributed by atoms with Gasteiger partial charge in [-0.15, -0.1) is 11.3 Å². The minimum Gasteiger partial charge on any atom is -0.338 e. The Balaban J connectivity index is 1.50. The number of nitrogens with two attached hydrogens (primary N) is 1. The molecule has 1 aliphatic rings. The predicted molar refractivity (Wildman–Crippen MR) is 100 cm³/mol. The van der Waals surface area contributed by atoms with Gasteiger partial charge >= 0.3 is 0 Å². The van der Waals surface area contributed by atoms with Crippen molar-refractivity contribution in [3.63, 3.8) is 0 Å². The van der Waals surface area contributed by atoms with Crippen molar-refractivity contribution in [1.82, 2.24) is 9.88 Å². The van der Waals surface area contributed by atoms with E-state index in [0.717, 1.165) is 51.2 Å². The van der Waals surface area contributed by atoms with Gasteiger partial charge in [0.05, 0.1) is 9.58 Å². The Bertz CT molecular complexity index is 818. The number of thiazole rings is 1. The number of aromatic nitrogens is 1. The molecule has 0 spiro atoms. The molecule has 0 saturated carbocycles. The largest absolute Gasteiger partial charge is 0.338 e. The molecule has 4 rings (SSSR count). The number of nitrogens with one attached hydrogen (secondary N) is 1. The fourth-order valence-electron chi connectivity index (χ4n) is 2.80. The molecule has 0 radical (unpaired) electrons. The van der Waals surface area contributed by atoms with Gasteiger partial charge in [-0.05, 0) is 31.0 Å². The zero-order valence-corrected chi connectivity index (χ0v) is 14.7. The maximum Gasteiger partial charge on any atom is 0.264 e. The molecule has 1 aromatic carbocycles. The minimum atomic E-state index is 0.106. The fraction of sp³-hybridized carbons (Fsp3) is 0.294. The fourth-order valence-corrected chi connectivity index (χ4v) is 4.90. The lowest BCUT2D eigenvalue weighted by Gasteiger charge is -2.29. The number of thiophene rings is 1. The number of nitrogens with zero attached hydrogens (tertiary/aromatic N) is 2. The number of para-hydroxylation sites is 1. The lowest BCUT2D eigenvalue weighted by Crippen LogP contribution is -2.42. The third-order valence-corrected chi connectivity index (χ3v) is 6.22. The molecule has 3 heterocycles. The van der Waals surface area contributed by atoms with E-state index in [-0.39, 0.29) is 11.9 Å². The third kappa shape index (κ3) is 3.15. The van der Waals surface area contributed by atoms with Gasteiger partial charge in [0.25, 0.3) is 5.91 Å². The van der Waals surface area contributed by atoms with Crippen molar-refractivity contribution >= 4 is 48.9 Å². The molecular weight excluding hydrogens is 340 g/mol. The first-order valence-corrected chi connectivity index (χ1v) is 9.59. The van der Waals surface area contributed by atoms with Gasteiger partial charge in [-0.1, -0.05) is 29.5 Å². The molecule has 7 heteroatoms. The zero-order valence-electron chi connectivity index (χ0n) is 13.1. The molecular formula is C17H18N4OS2. The summed E-state index contributed by atoms with van der Waals surface area (Å²) in [7, 11) is 0. The molecule has 1 fully saturated rings. The predicted octanol–water partition coefficient (Wildman–Crippen LogP) is 3.66. The van der Waals surface area contributed by atoms with E-state index in [2.05, 4.69) is 10.3 Å². The van der Waals surface area contributed by atoms with Crippen LogP contribution in [0.5, 0.6) is 0 Å². The molecule has 0 aliphatic carbocycles.